The van der Waals surface area contributed by atoms with Gasteiger partial charge in [0.1, 0.15) is 5.75 Å². The number of nitrogens with one attached hydrogen (secondary N) is 2. The predicted octanol–water partition coefficient (Wildman–Crippen LogP) is 2.02. The van der Waals surface area contributed by atoms with Crippen LogP contribution >= 0.6 is 0 Å². The van der Waals surface area contributed by atoms with Gasteiger partial charge in [-0.05, 0) is 25.0 Å². The van der Waals surface area contributed by atoms with Crippen LogP contribution in [-0.2, 0) is 4.79 Å². The van der Waals surface area contributed by atoms with Crippen molar-refractivity contribution < 1.29 is 14.6 Å². The number of hydrogen-bond donors (Lipinski definition) is 3. The smallest absolute Gasteiger partial charge is 0.239 e. The molecule has 0 fully saturated rings. The highest BCUT2D eigenvalue weighted by Gasteiger charge is 2.27. The molecule has 0 saturated heterocycles. The quantitative estimate of drug-likeness (QED) is 0.686. The third kappa shape index (κ3) is 5.27. The zero-order valence-electron chi connectivity index (χ0n) is 13.3. The number of para-hydroxylation sites is 2. The highest BCUT2D eigenvalue weighted by molar-refractivity contribution is 5.81. The van der Waals surface area contributed by atoms with E-state index in [2.05, 4.69) is 10.6 Å². The number of benzene rings is 1. The molecular formula is C16H26N2O3. The lowest BCUT2D eigenvalue weighted by Gasteiger charge is -2.29. The van der Waals surface area contributed by atoms with Gasteiger partial charge >= 0.3 is 0 Å². The van der Waals surface area contributed by atoms with Gasteiger partial charge in [-0.25, -0.2) is 0 Å². The van der Waals surface area contributed by atoms with Crippen molar-refractivity contribution in [2.24, 2.45) is 5.92 Å². The number of carbonyl (C=O) groups excluding carboxylic acids is 1. The maximum atomic E-state index is 11.8. The fourth-order valence-corrected chi connectivity index (χ4v) is 1.92. The van der Waals surface area contributed by atoms with Crippen molar-refractivity contribution in [1.82, 2.24) is 5.32 Å². The Labute approximate surface area is 126 Å². The summed E-state index contributed by atoms with van der Waals surface area (Å²) in [6.07, 6.45) is 0.863. The van der Waals surface area contributed by atoms with Crippen LogP contribution in [0.4, 0.5) is 5.69 Å². The van der Waals surface area contributed by atoms with Crippen LogP contribution in [0, 0.1) is 5.92 Å². The van der Waals surface area contributed by atoms with E-state index in [1.54, 1.807) is 14.0 Å². The average molecular weight is 294 g/mol. The van der Waals surface area contributed by atoms with E-state index in [4.69, 9.17) is 4.74 Å². The van der Waals surface area contributed by atoms with Gasteiger partial charge in [0.25, 0.3) is 0 Å². The number of methoxy groups -OCH3 is 1. The second-order valence-electron chi connectivity index (χ2n) is 5.50. The lowest BCUT2D eigenvalue weighted by molar-refractivity contribution is -0.121. The van der Waals surface area contributed by atoms with Gasteiger partial charge in [-0.1, -0.05) is 32.4 Å². The Morgan fingerprint density at radius 1 is 1.43 bits per heavy atom. The van der Waals surface area contributed by atoms with Crippen molar-refractivity contribution in [3.05, 3.63) is 24.3 Å². The number of amides is 1. The van der Waals surface area contributed by atoms with E-state index < -0.39 is 5.60 Å². The Kier molecular flexibility index (Phi) is 6.49. The molecule has 0 spiro atoms. The molecule has 0 saturated carbocycles. The van der Waals surface area contributed by atoms with Crippen LogP contribution in [0.25, 0.3) is 0 Å². The molecule has 3 N–H and O–H groups in total. The molecule has 0 aliphatic carbocycles. The molecule has 1 aromatic rings. The molecule has 5 heteroatoms. The summed E-state index contributed by atoms with van der Waals surface area (Å²) in [7, 11) is 1.59. The Balaban J connectivity index is 2.44. The molecule has 1 rings (SSSR count). The molecule has 2 unspecified atom stereocenters. The number of hydrogen-bond acceptors (Lipinski definition) is 4. The van der Waals surface area contributed by atoms with E-state index in [0.717, 1.165) is 12.1 Å². The maximum Gasteiger partial charge on any atom is 0.239 e. The first-order chi connectivity index (χ1) is 9.90. The molecule has 0 aliphatic rings. The number of aliphatic hydroxyl groups is 1. The van der Waals surface area contributed by atoms with Crippen molar-refractivity contribution in [1.29, 1.82) is 0 Å². The van der Waals surface area contributed by atoms with Crippen LogP contribution in [-0.4, -0.2) is 36.8 Å². The molecule has 0 aromatic heterocycles. The highest BCUT2D eigenvalue weighted by Crippen LogP contribution is 2.22. The monoisotopic (exact) mass is 294 g/mol. The third-order valence-electron chi connectivity index (χ3n) is 3.86. The number of carbonyl (C=O) groups is 1. The Hall–Kier alpha value is -1.75. The van der Waals surface area contributed by atoms with Gasteiger partial charge in [-0.2, -0.15) is 0 Å². The van der Waals surface area contributed by atoms with Crippen molar-refractivity contribution in [2.75, 3.05) is 25.5 Å². The standard InChI is InChI=1S/C16H26N2O3/c1-5-12(2)16(3,20)11-18-15(19)10-17-13-8-6-7-9-14(13)21-4/h6-9,12,17,20H,5,10-11H2,1-4H3,(H,18,19). The van der Waals surface area contributed by atoms with Crippen LogP contribution < -0.4 is 15.4 Å². The second kappa shape index (κ2) is 7.88. The van der Waals surface area contributed by atoms with Crippen LogP contribution in [0.3, 0.4) is 0 Å². The van der Waals surface area contributed by atoms with Gasteiger partial charge in [0, 0.05) is 6.54 Å². The zero-order chi connectivity index (χ0) is 15.9. The topological polar surface area (TPSA) is 70.6 Å². The summed E-state index contributed by atoms with van der Waals surface area (Å²) in [4.78, 5) is 11.8. The van der Waals surface area contributed by atoms with Crippen LogP contribution in [0.15, 0.2) is 24.3 Å². The number of ether oxygens (including phenoxy) is 1. The van der Waals surface area contributed by atoms with Gasteiger partial charge in [-0.3, -0.25) is 4.79 Å². The number of anilines is 1. The van der Waals surface area contributed by atoms with Crippen molar-refractivity contribution in [3.63, 3.8) is 0 Å². The van der Waals surface area contributed by atoms with Gasteiger partial charge in [0.15, 0.2) is 0 Å². The Morgan fingerprint density at radius 3 is 2.71 bits per heavy atom. The average Bonchev–Trinajstić information content (AvgIpc) is 2.50. The number of rotatable bonds is 8. The van der Waals surface area contributed by atoms with Crippen LogP contribution in [0.1, 0.15) is 27.2 Å². The van der Waals surface area contributed by atoms with E-state index in [9.17, 15) is 9.90 Å². The van der Waals surface area contributed by atoms with E-state index in [1.807, 2.05) is 38.1 Å². The normalized spacial score (nSPS) is 14.9. The van der Waals surface area contributed by atoms with E-state index in [1.165, 1.54) is 0 Å². The molecule has 21 heavy (non-hydrogen) atoms. The fourth-order valence-electron chi connectivity index (χ4n) is 1.92. The molecule has 118 valence electrons. The van der Waals surface area contributed by atoms with Crippen molar-refractivity contribution in [2.45, 2.75) is 32.8 Å². The summed E-state index contributed by atoms with van der Waals surface area (Å²) < 4.78 is 5.20. The summed E-state index contributed by atoms with van der Waals surface area (Å²) in [5.41, 5.74) is -0.127. The van der Waals surface area contributed by atoms with E-state index in [0.29, 0.717) is 5.75 Å². The summed E-state index contributed by atoms with van der Waals surface area (Å²) in [5.74, 6) is 0.654. The molecule has 2 atom stereocenters. The molecular weight excluding hydrogens is 268 g/mol. The minimum Gasteiger partial charge on any atom is -0.495 e. The van der Waals surface area contributed by atoms with Crippen LogP contribution in [0.2, 0.25) is 0 Å². The van der Waals surface area contributed by atoms with Gasteiger partial charge in [-0.15, -0.1) is 0 Å². The minimum absolute atomic E-state index is 0.125. The third-order valence-corrected chi connectivity index (χ3v) is 3.86. The Bertz CT molecular complexity index is 461. The van der Waals surface area contributed by atoms with Gasteiger partial charge in [0.2, 0.25) is 5.91 Å². The zero-order valence-corrected chi connectivity index (χ0v) is 13.3. The molecule has 0 bridgehead atoms. The van der Waals surface area contributed by atoms with Crippen LogP contribution in [0.5, 0.6) is 5.75 Å². The van der Waals surface area contributed by atoms with Crippen molar-refractivity contribution in [3.8, 4) is 5.75 Å². The molecule has 0 heterocycles. The molecule has 5 nitrogen and oxygen atoms in total. The largest absolute Gasteiger partial charge is 0.495 e. The molecule has 1 amide bonds. The molecule has 0 radical (unpaired) electrons. The predicted molar refractivity (Wildman–Crippen MR) is 84.6 cm³/mol. The summed E-state index contributed by atoms with van der Waals surface area (Å²) in [6.45, 7) is 6.12. The lowest BCUT2D eigenvalue weighted by Crippen LogP contribution is -2.46. The summed E-state index contributed by atoms with van der Waals surface area (Å²) in [5, 5.41) is 16.0. The molecule has 0 aliphatic heterocycles. The van der Waals surface area contributed by atoms with E-state index in [-0.39, 0.29) is 24.9 Å². The van der Waals surface area contributed by atoms with Gasteiger partial charge in [0.05, 0.1) is 24.9 Å². The van der Waals surface area contributed by atoms with Crippen molar-refractivity contribution >= 4 is 11.6 Å². The first kappa shape index (κ1) is 17.3. The first-order valence-corrected chi connectivity index (χ1v) is 7.26. The van der Waals surface area contributed by atoms with Gasteiger partial charge < -0.3 is 20.5 Å². The summed E-state index contributed by atoms with van der Waals surface area (Å²) in [6, 6.07) is 7.42. The SMILES string of the molecule is CCC(C)C(C)(O)CNC(=O)CNc1ccccc1OC. The highest BCUT2D eigenvalue weighted by atomic mass is 16.5. The lowest BCUT2D eigenvalue weighted by atomic mass is 9.89. The Morgan fingerprint density at radius 2 is 2.10 bits per heavy atom. The fraction of sp³-hybridized carbons (Fsp3) is 0.562. The molecule has 1 aromatic carbocycles. The minimum atomic E-state index is -0.894. The first-order valence-electron chi connectivity index (χ1n) is 7.26. The van der Waals surface area contributed by atoms with E-state index >= 15 is 0 Å². The maximum absolute atomic E-state index is 11.8. The summed E-state index contributed by atoms with van der Waals surface area (Å²) >= 11 is 0. The second-order valence-corrected chi connectivity index (χ2v) is 5.50.